The fourth-order valence-corrected chi connectivity index (χ4v) is 2.19. The zero-order valence-corrected chi connectivity index (χ0v) is 13.3. The van der Waals surface area contributed by atoms with Crippen LogP contribution in [0, 0.1) is 6.92 Å². The molecule has 7 heteroatoms. The summed E-state index contributed by atoms with van der Waals surface area (Å²) in [6, 6.07) is 9.74. The molecular weight excluding hydrogens is 306 g/mol. The quantitative estimate of drug-likeness (QED) is 0.746. The van der Waals surface area contributed by atoms with Gasteiger partial charge in [-0.25, -0.2) is 9.97 Å². The van der Waals surface area contributed by atoms with Crippen molar-refractivity contribution in [2.45, 2.75) is 26.3 Å². The third-order valence-corrected chi connectivity index (χ3v) is 3.37. The van der Waals surface area contributed by atoms with E-state index in [4.69, 9.17) is 4.52 Å². The number of hydrogen-bond donors (Lipinski definition) is 1. The van der Waals surface area contributed by atoms with E-state index < -0.39 is 0 Å². The number of amides is 1. The number of hydrogen-bond acceptors (Lipinski definition) is 6. The first-order valence-electron chi connectivity index (χ1n) is 7.63. The van der Waals surface area contributed by atoms with Crippen molar-refractivity contribution in [2.75, 3.05) is 0 Å². The Bertz CT molecular complexity index is 817. The lowest BCUT2D eigenvalue weighted by atomic mass is 10.1. The number of nitrogens with one attached hydrogen (secondary N) is 1. The average molecular weight is 323 g/mol. The van der Waals surface area contributed by atoms with Gasteiger partial charge in [-0.15, -0.1) is 0 Å². The SMILES string of the molecule is Cc1cccc(CNC(=O)CCc2nc(-c3ncccn3)no2)c1. The number of carbonyl (C=O) groups is 1. The summed E-state index contributed by atoms with van der Waals surface area (Å²) in [6.45, 7) is 2.53. The average Bonchev–Trinajstić information content (AvgIpc) is 3.08. The van der Waals surface area contributed by atoms with Gasteiger partial charge in [0.25, 0.3) is 0 Å². The number of benzene rings is 1. The molecule has 0 atom stereocenters. The predicted molar refractivity (Wildman–Crippen MR) is 86.7 cm³/mol. The minimum Gasteiger partial charge on any atom is -0.352 e. The third-order valence-electron chi connectivity index (χ3n) is 3.37. The lowest BCUT2D eigenvalue weighted by molar-refractivity contribution is -0.121. The van der Waals surface area contributed by atoms with Crippen LogP contribution in [0.4, 0.5) is 0 Å². The summed E-state index contributed by atoms with van der Waals surface area (Å²) in [5, 5.41) is 6.71. The van der Waals surface area contributed by atoms with E-state index in [1.54, 1.807) is 18.5 Å². The lowest BCUT2D eigenvalue weighted by Crippen LogP contribution is -2.23. The van der Waals surface area contributed by atoms with Crippen molar-refractivity contribution in [3.05, 3.63) is 59.7 Å². The highest BCUT2D eigenvalue weighted by atomic mass is 16.5. The van der Waals surface area contributed by atoms with E-state index in [9.17, 15) is 4.79 Å². The topological polar surface area (TPSA) is 93.8 Å². The molecule has 0 aliphatic rings. The number of carbonyl (C=O) groups excluding carboxylic acids is 1. The van der Waals surface area contributed by atoms with Gasteiger partial charge in [-0.05, 0) is 18.6 Å². The smallest absolute Gasteiger partial charge is 0.240 e. The number of aryl methyl sites for hydroxylation is 2. The van der Waals surface area contributed by atoms with Crippen molar-refractivity contribution in [3.63, 3.8) is 0 Å². The molecule has 0 spiro atoms. The second kappa shape index (κ2) is 7.45. The van der Waals surface area contributed by atoms with Gasteiger partial charge in [0.2, 0.25) is 23.4 Å². The second-order valence-electron chi connectivity index (χ2n) is 5.35. The second-order valence-corrected chi connectivity index (χ2v) is 5.35. The summed E-state index contributed by atoms with van der Waals surface area (Å²) in [5.41, 5.74) is 2.24. The van der Waals surface area contributed by atoms with Crippen molar-refractivity contribution in [1.29, 1.82) is 0 Å². The van der Waals surface area contributed by atoms with E-state index in [2.05, 4.69) is 25.4 Å². The van der Waals surface area contributed by atoms with Gasteiger partial charge in [-0.1, -0.05) is 35.0 Å². The fourth-order valence-electron chi connectivity index (χ4n) is 2.19. The van der Waals surface area contributed by atoms with Crippen LogP contribution in [-0.2, 0) is 17.8 Å². The van der Waals surface area contributed by atoms with Crippen LogP contribution in [-0.4, -0.2) is 26.0 Å². The first-order chi connectivity index (χ1) is 11.7. The van der Waals surface area contributed by atoms with Crippen LogP contribution in [0.2, 0.25) is 0 Å². The largest absolute Gasteiger partial charge is 0.352 e. The van der Waals surface area contributed by atoms with Gasteiger partial charge in [0, 0.05) is 31.8 Å². The highest BCUT2D eigenvalue weighted by Gasteiger charge is 2.12. The molecule has 1 amide bonds. The molecule has 2 aromatic heterocycles. The maximum absolute atomic E-state index is 11.9. The summed E-state index contributed by atoms with van der Waals surface area (Å²) >= 11 is 0. The molecule has 3 aromatic rings. The van der Waals surface area contributed by atoms with Crippen LogP contribution in [0.1, 0.15) is 23.4 Å². The van der Waals surface area contributed by atoms with Gasteiger partial charge in [0.1, 0.15) is 0 Å². The molecule has 7 nitrogen and oxygen atoms in total. The summed E-state index contributed by atoms with van der Waals surface area (Å²) in [4.78, 5) is 24.2. The monoisotopic (exact) mass is 323 g/mol. The highest BCUT2D eigenvalue weighted by molar-refractivity contribution is 5.76. The normalized spacial score (nSPS) is 10.5. The molecule has 0 radical (unpaired) electrons. The van der Waals surface area contributed by atoms with E-state index in [-0.39, 0.29) is 12.3 Å². The molecule has 3 rings (SSSR count). The number of rotatable bonds is 6. The first kappa shape index (κ1) is 15.8. The zero-order chi connectivity index (χ0) is 16.8. The molecule has 1 aromatic carbocycles. The van der Waals surface area contributed by atoms with Crippen molar-refractivity contribution in [3.8, 4) is 11.6 Å². The molecule has 0 aliphatic heterocycles. The Morgan fingerprint density at radius 1 is 1.17 bits per heavy atom. The Hall–Kier alpha value is -3.09. The predicted octanol–water partition coefficient (Wildman–Crippen LogP) is 2.08. The van der Waals surface area contributed by atoms with E-state index in [1.807, 2.05) is 31.2 Å². The Labute approximate surface area is 139 Å². The van der Waals surface area contributed by atoms with Crippen LogP contribution in [0.25, 0.3) is 11.6 Å². The van der Waals surface area contributed by atoms with E-state index in [0.717, 1.165) is 5.56 Å². The van der Waals surface area contributed by atoms with Crippen LogP contribution < -0.4 is 5.32 Å². The van der Waals surface area contributed by atoms with Crippen molar-refractivity contribution < 1.29 is 9.32 Å². The highest BCUT2D eigenvalue weighted by Crippen LogP contribution is 2.10. The zero-order valence-electron chi connectivity index (χ0n) is 13.3. The van der Waals surface area contributed by atoms with Crippen molar-refractivity contribution in [1.82, 2.24) is 25.4 Å². The van der Waals surface area contributed by atoms with Crippen LogP contribution in [0.15, 0.2) is 47.2 Å². The van der Waals surface area contributed by atoms with E-state index in [1.165, 1.54) is 5.56 Å². The molecule has 0 saturated heterocycles. The van der Waals surface area contributed by atoms with Gasteiger partial charge >= 0.3 is 0 Å². The van der Waals surface area contributed by atoms with Gasteiger partial charge in [-0.3, -0.25) is 4.79 Å². The van der Waals surface area contributed by atoms with Crippen molar-refractivity contribution in [2.24, 2.45) is 0 Å². The van der Waals surface area contributed by atoms with E-state index >= 15 is 0 Å². The Morgan fingerprint density at radius 2 is 2.00 bits per heavy atom. The molecule has 0 bridgehead atoms. The standard InChI is InChI=1S/C17H17N5O2/c1-12-4-2-5-13(10-12)11-20-14(23)6-7-15-21-17(22-24-15)16-18-8-3-9-19-16/h2-5,8-10H,6-7,11H2,1H3,(H,20,23). The maximum atomic E-state index is 11.9. The van der Waals surface area contributed by atoms with Crippen LogP contribution in [0.5, 0.6) is 0 Å². The Kier molecular flexibility index (Phi) is 4.90. The fraction of sp³-hybridized carbons (Fsp3) is 0.235. The number of nitrogens with zero attached hydrogens (tertiary/aromatic N) is 4. The molecule has 0 saturated carbocycles. The van der Waals surface area contributed by atoms with Gasteiger partial charge in [0.15, 0.2) is 0 Å². The Morgan fingerprint density at radius 3 is 2.79 bits per heavy atom. The van der Waals surface area contributed by atoms with E-state index in [0.29, 0.717) is 30.5 Å². The summed E-state index contributed by atoms with van der Waals surface area (Å²) < 4.78 is 5.13. The molecular formula is C17H17N5O2. The van der Waals surface area contributed by atoms with Gasteiger partial charge in [0.05, 0.1) is 0 Å². The van der Waals surface area contributed by atoms with Gasteiger partial charge in [-0.2, -0.15) is 4.98 Å². The molecule has 0 aliphatic carbocycles. The van der Waals surface area contributed by atoms with Crippen LogP contribution >= 0.6 is 0 Å². The molecule has 24 heavy (non-hydrogen) atoms. The molecule has 2 heterocycles. The summed E-state index contributed by atoms with van der Waals surface area (Å²) in [5.74, 6) is 1.05. The van der Waals surface area contributed by atoms with Gasteiger partial charge < -0.3 is 9.84 Å². The molecule has 1 N–H and O–H groups in total. The maximum Gasteiger partial charge on any atom is 0.240 e. The van der Waals surface area contributed by atoms with Crippen molar-refractivity contribution >= 4 is 5.91 Å². The third kappa shape index (κ3) is 4.22. The molecule has 122 valence electrons. The number of aromatic nitrogens is 4. The summed E-state index contributed by atoms with van der Waals surface area (Å²) in [7, 11) is 0. The summed E-state index contributed by atoms with van der Waals surface area (Å²) in [6.07, 6.45) is 3.87. The molecule has 0 unspecified atom stereocenters. The molecule has 0 fully saturated rings. The first-order valence-corrected chi connectivity index (χ1v) is 7.63. The minimum absolute atomic E-state index is 0.0628. The van der Waals surface area contributed by atoms with Crippen LogP contribution in [0.3, 0.4) is 0 Å². The lowest BCUT2D eigenvalue weighted by Gasteiger charge is -2.05. The minimum atomic E-state index is -0.0628. The Balaban J connectivity index is 1.49.